The van der Waals surface area contributed by atoms with E-state index in [0.29, 0.717) is 0 Å². The van der Waals surface area contributed by atoms with Gasteiger partial charge in [0.25, 0.3) is 0 Å². The molecule has 2 rings (SSSR count). The number of carboxylic acid groups (broad SMARTS) is 1. The van der Waals surface area contributed by atoms with Gasteiger partial charge in [-0.05, 0) is 0 Å². The largest absolute Gasteiger partial charge is 0.481 e. The zero-order chi connectivity index (χ0) is 14.2. The fraction of sp³-hybridized carbons (Fsp3) is 0.300. The fourth-order valence-electron chi connectivity index (χ4n) is 1.88. The summed E-state index contributed by atoms with van der Waals surface area (Å²) in [4.78, 5) is 37.4. The maximum absolute atomic E-state index is 11.8. The highest BCUT2D eigenvalue weighted by Gasteiger charge is 2.38. The molecule has 0 bridgehead atoms. The molecule has 0 aliphatic carbocycles. The molecule has 8 nitrogen and oxygen atoms in total. The Morgan fingerprint density at radius 2 is 2.32 bits per heavy atom. The average Bonchev–Trinajstić information content (AvgIpc) is 2.71. The van der Waals surface area contributed by atoms with E-state index in [0.717, 1.165) is 11.1 Å². The summed E-state index contributed by atoms with van der Waals surface area (Å²) in [5.41, 5.74) is -0.414. The molecule has 1 atom stereocenters. The molecule has 1 amide bonds. The van der Waals surface area contributed by atoms with Crippen molar-refractivity contribution < 1.29 is 19.6 Å². The number of rotatable bonds is 3. The van der Waals surface area contributed by atoms with E-state index in [1.165, 1.54) is 6.07 Å². The predicted octanol–water partition coefficient (Wildman–Crippen LogP) is 1.08. The number of halogens is 1. The first-order valence-corrected chi connectivity index (χ1v) is 5.61. The summed E-state index contributed by atoms with van der Waals surface area (Å²) in [6.07, 6.45) is 0.755. The molecule has 1 N–H and O–H groups in total. The second-order valence-corrected chi connectivity index (χ2v) is 4.38. The summed E-state index contributed by atoms with van der Waals surface area (Å²) in [6.45, 7) is -0.116. The highest BCUT2D eigenvalue weighted by atomic mass is 35.5. The molecule has 1 aliphatic heterocycles. The summed E-state index contributed by atoms with van der Waals surface area (Å²) in [5, 5.41) is 19.8. The molecule has 1 unspecified atom stereocenters. The van der Waals surface area contributed by atoms with Crippen LogP contribution in [-0.4, -0.2) is 33.4 Å². The van der Waals surface area contributed by atoms with E-state index in [1.807, 2.05) is 0 Å². The summed E-state index contributed by atoms with van der Waals surface area (Å²) < 4.78 is 0. The van der Waals surface area contributed by atoms with Gasteiger partial charge >= 0.3 is 11.7 Å². The lowest BCUT2D eigenvalue weighted by Crippen LogP contribution is -2.26. The van der Waals surface area contributed by atoms with Gasteiger partial charge in [-0.15, -0.1) is 0 Å². The van der Waals surface area contributed by atoms with E-state index in [4.69, 9.17) is 16.7 Å². The molecule has 2 heterocycles. The lowest BCUT2D eigenvalue weighted by Gasteiger charge is -2.15. The molecular formula is C10H8ClN3O5. The summed E-state index contributed by atoms with van der Waals surface area (Å²) in [7, 11) is 0. The molecule has 1 saturated heterocycles. The second-order valence-electron chi connectivity index (χ2n) is 4.00. The number of carboxylic acids is 1. The molecule has 100 valence electrons. The van der Waals surface area contributed by atoms with Gasteiger partial charge in [0.2, 0.25) is 5.91 Å². The maximum atomic E-state index is 11.8. The number of hydrogen-bond acceptors (Lipinski definition) is 5. The van der Waals surface area contributed by atoms with Gasteiger partial charge in [0.15, 0.2) is 0 Å². The molecule has 1 fully saturated rings. The number of nitro groups is 1. The van der Waals surface area contributed by atoms with Crippen LogP contribution in [-0.2, 0) is 9.59 Å². The van der Waals surface area contributed by atoms with E-state index in [-0.39, 0.29) is 29.5 Å². The minimum absolute atomic E-state index is 0.00725. The van der Waals surface area contributed by atoms with Crippen LogP contribution in [0, 0.1) is 16.0 Å². The maximum Gasteiger partial charge on any atom is 0.311 e. The first-order chi connectivity index (χ1) is 8.90. The number of pyridine rings is 1. The van der Waals surface area contributed by atoms with Crippen molar-refractivity contribution in [2.75, 3.05) is 11.4 Å². The Morgan fingerprint density at radius 3 is 2.84 bits per heavy atom. The topological polar surface area (TPSA) is 114 Å². The minimum atomic E-state index is -1.11. The Hall–Kier alpha value is -2.22. The van der Waals surface area contributed by atoms with Crippen LogP contribution < -0.4 is 4.90 Å². The Balaban J connectivity index is 2.42. The smallest absolute Gasteiger partial charge is 0.311 e. The summed E-state index contributed by atoms with van der Waals surface area (Å²) in [6, 6.07) is 1.18. The van der Waals surface area contributed by atoms with Crippen molar-refractivity contribution in [2.45, 2.75) is 6.42 Å². The number of aliphatic carboxylic acids is 1. The van der Waals surface area contributed by atoms with Crippen molar-refractivity contribution >= 4 is 34.9 Å². The normalized spacial score (nSPS) is 18.7. The number of carbonyl (C=O) groups is 2. The van der Waals surface area contributed by atoms with E-state index in [2.05, 4.69) is 4.98 Å². The third-order valence-electron chi connectivity index (χ3n) is 2.79. The Kier molecular flexibility index (Phi) is 3.34. The average molecular weight is 286 g/mol. The standard InChI is InChI=1S/C10H8ClN3O5/c11-8-2-6(7(3-12-8)14(18)19)13-4-5(10(16)17)1-9(13)15/h2-3,5H,1,4H2,(H,16,17). The van der Waals surface area contributed by atoms with Crippen molar-refractivity contribution in [3.8, 4) is 0 Å². The van der Waals surface area contributed by atoms with Crippen LogP contribution in [0.2, 0.25) is 5.15 Å². The van der Waals surface area contributed by atoms with Crippen LogP contribution in [0.4, 0.5) is 11.4 Å². The molecule has 0 aromatic carbocycles. The number of carbonyl (C=O) groups excluding carboxylic acids is 1. The summed E-state index contributed by atoms with van der Waals surface area (Å²) >= 11 is 5.66. The van der Waals surface area contributed by atoms with E-state index >= 15 is 0 Å². The number of amides is 1. The molecule has 9 heteroatoms. The summed E-state index contributed by atoms with van der Waals surface area (Å²) in [5.74, 6) is -2.48. The van der Waals surface area contributed by atoms with Crippen molar-refractivity contribution in [3.63, 3.8) is 0 Å². The Bertz CT molecular complexity index is 576. The van der Waals surface area contributed by atoms with Crippen LogP contribution in [0.1, 0.15) is 6.42 Å². The molecular weight excluding hydrogens is 278 g/mol. The Labute approximate surface area is 111 Å². The third-order valence-corrected chi connectivity index (χ3v) is 3.00. The molecule has 1 aromatic rings. The van der Waals surface area contributed by atoms with Crippen molar-refractivity contribution in [3.05, 3.63) is 27.5 Å². The van der Waals surface area contributed by atoms with E-state index < -0.39 is 22.7 Å². The molecule has 0 radical (unpaired) electrons. The fourth-order valence-corrected chi connectivity index (χ4v) is 2.03. The van der Waals surface area contributed by atoms with Gasteiger partial charge in [0.05, 0.1) is 10.8 Å². The molecule has 0 spiro atoms. The number of aromatic nitrogens is 1. The lowest BCUT2D eigenvalue weighted by molar-refractivity contribution is -0.384. The van der Waals surface area contributed by atoms with Crippen LogP contribution in [0.15, 0.2) is 12.3 Å². The molecule has 1 aliphatic rings. The van der Waals surface area contributed by atoms with Crippen LogP contribution in [0.25, 0.3) is 0 Å². The minimum Gasteiger partial charge on any atom is -0.481 e. The predicted molar refractivity (Wildman–Crippen MR) is 64.0 cm³/mol. The van der Waals surface area contributed by atoms with Gasteiger partial charge in [-0.3, -0.25) is 19.7 Å². The number of hydrogen-bond donors (Lipinski definition) is 1. The van der Waals surface area contributed by atoms with Crippen molar-refractivity contribution in [1.29, 1.82) is 0 Å². The van der Waals surface area contributed by atoms with Crippen molar-refractivity contribution in [1.82, 2.24) is 4.98 Å². The van der Waals surface area contributed by atoms with Gasteiger partial charge in [-0.1, -0.05) is 11.6 Å². The Morgan fingerprint density at radius 1 is 1.63 bits per heavy atom. The molecule has 0 saturated carbocycles. The first-order valence-electron chi connectivity index (χ1n) is 5.23. The monoisotopic (exact) mass is 285 g/mol. The van der Waals surface area contributed by atoms with Gasteiger partial charge in [0.1, 0.15) is 17.0 Å². The van der Waals surface area contributed by atoms with Gasteiger partial charge in [-0.2, -0.15) is 0 Å². The highest BCUT2D eigenvalue weighted by Crippen LogP contribution is 2.33. The van der Waals surface area contributed by atoms with E-state index in [1.54, 1.807) is 0 Å². The quantitative estimate of drug-likeness (QED) is 0.505. The van der Waals surface area contributed by atoms with Crippen molar-refractivity contribution in [2.24, 2.45) is 5.92 Å². The van der Waals surface area contributed by atoms with Gasteiger partial charge in [-0.25, -0.2) is 4.98 Å². The number of anilines is 1. The van der Waals surface area contributed by atoms with Crippen LogP contribution >= 0.6 is 11.6 Å². The van der Waals surface area contributed by atoms with E-state index in [9.17, 15) is 19.7 Å². The first kappa shape index (κ1) is 13.2. The lowest BCUT2D eigenvalue weighted by atomic mass is 10.1. The van der Waals surface area contributed by atoms with Crippen LogP contribution in [0.5, 0.6) is 0 Å². The SMILES string of the molecule is O=C(O)C1CC(=O)N(c2cc(Cl)ncc2[N+](=O)[O-])C1. The van der Waals surface area contributed by atoms with Crippen LogP contribution in [0.3, 0.4) is 0 Å². The third kappa shape index (κ3) is 2.48. The highest BCUT2D eigenvalue weighted by molar-refractivity contribution is 6.29. The molecule has 1 aromatic heterocycles. The molecule has 19 heavy (non-hydrogen) atoms. The number of nitrogens with zero attached hydrogens (tertiary/aromatic N) is 3. The zero-order valence-corrected chi connectivity index (χ0v) is 10.2. The van der Waals surface area contributed by atoms with Gasteiger partial charge < -0.3 is 10.0 Å². The van der Waals surface area contributed by atoms with Gasteiger partial charge in [0, 0.05) is 19.0 Å². The zero-order valence-electron chi connectivity index (χ0n) is 9.45. The second kappa shape index (κ2) is 4.81.